The van der Waals surface area contributed by atoms with E-state index in [-0.39, 0.29) is 12.4 Å². The molecule has 0 spiro atoms. The highest BCUT2D eigenvalue weighted by Crippen LogP contribution is 2.17. The standard InChI is InChI=1S/C9H11NO2/c1-6(12)9-7(5-11)3-2-4-8(9)10/h2-4,11H,5,10H2,1H3. The van der Waals surface area contributed by atoms with E-state index in [9.17, 15) is 4.79 Å². The number of ketones is 1. The van der Waals surface area contributed by atoms with Crippen molar-refractivity contribution in [1.29, 1.82) is 0 Å². The van der Waals surface area contributed by atoms with Crippen LogP contribution in [-0.4, -0.2) is 10.9 Å². The fourth-order valence-electron chi connectivity index (χ4n) is 1.18. The van der Waals surface area contributed by atoms with Crippen molar-refractivity contribution in [3.63, 3.8) is 0 Å². The smallest absolute Gasteiger partial charge is 0.162 e. The minimum absolute atomic E-state index is 0.114. The summed E-state index contributed by atoms with van der Waals surface area (Å²) in [6.45, 7) is 1.28. The van der Waals surface area contributed by atoms with Gasteiger partial charge in [-0.2, -0.15) is 0 Å². The number of rotatable bonds is 2. The third kappa shape index (κ3) is 1.46. The van der Waals surface area contributed by atoms with Crippen LogP contribution in [0.5, 0.6) is 0 Å². The lowest BCUT2D eigenvalue weighted by molar-refractivity contribution is 0.101. The molecule has 0 radical (unpaired) electrons. The number of Topliss-reactive ketones (excluding diaryl/α,β-unsaturated/α-hetero) is 1. The van der Waals surface area contributed by atoms with Crippen molar-refractivity contribution in [2.45, 2.75) is 13.5 Å². The van der Waals surface area contributed by atoms with Gasteiger partial charge in [-0.05, 0) is 18.6 Å². The highest BCUT2D eigenvalue weighted by atomic mass is 16.3. The average molecular weight is 165 g/mol. The van der Waals surface area contributed by atoms with Crippen molar-refractivity contribution in [3.8, 4) is 0 Å². The molecule has 0 heterocycles. The van der Waals surface area contributed by atoms with Crippen molar-refractivity contribution >= 4 is 11.5 Å². The third-order valence-electron chi connectivity index (χ3n) is 1.71. The zero-order valence-electron chi connectivity index (χ0n) is 6.87. The number of hydrogen-bond acceptors (Lipinski definition) is 3. The average Bonchev–Trinajstić information content (AvgIpc) is 2.03. The normalized spacial score (nSPS) is 9.83. The Morgan fingerprint density at radius 2 is 2.25 bits per heavy atom. The lowest BCUT2D eigenvalue weighted by Crippen LogP contribution is -2.04. The number of carbonyl (C=O) groups is 1. The molecule has 1 aromatic rings. The van der Waals surface area contributed by atoms with E-state index >= 15 is 0 Å². The van der Waals surface area contributed by atoms with Crippen LogP contribution in [0.25, 0.3) is 0 Å². The number of carbonyl (C=O) groups excluding carboxylic acids is 1. The lowest BCUT2D eigenvalue weighted by atomic mass is 10.0. The Morgan fingerprint density at radius 1 is 1.58 bits per heavy atom. The monoisotopic (exact) mass is 165 g/mol. The van der Waals surface area contributed by atoms with E-state index in [1.54, 1.807) is 18.2 Å². The van der Waals surface area contributed by atoms with E-state index in [4.69, 9.17) is 10.8 Å². The first-order valence-corrected chi connectivity index (χ1v) is 3.66. The Bertz CT molecular complexity index is 307. The molecule has 0 bridgehead atoms. The molecule has 0 aliphatic rings. The van der Waals surface area contributed by atoms with Crippen LogP contribution in [0.15, 0.2) is 18.2 Å². The highest BCUT2D eigenvalue weighted by Gasteiger charge is 2.08. The quantitative estimate of drug-likeness (QED) is 0.507. The summed E-state index contributed by atoms with van der Waals surface area (Å²) in [5.74, 6) is -0.114. The van der Waals surface area contributed by atoms with Gasteiger partial charge in [0.05, 0.1) is 6.61 Å². The molecule has 3 heteroatoms. The maximum absolute atomic E-state index is 11.1. The summed E-state index contributed by atoms with van der Waals surface area (Å²) in [7, 11) is 0. The molecular formula is C9H11NO2. The Hall–Kier alpha value is -1.35. The van der Waals surface area contributed by atoms with Crippen molar-refractivity contribution in [3.05, 3.63) is 29.3 Å². The number of nitrogens with two attached hydrogens (primary N) is 1. The van der Waals surface area contributed by atoms with Gasteiger partial charge < -0.3 is 10.8 Å². The van der Waals surface area contributed by atoms with Gasteiger partial charge in [-0.1, -0.05) is 12.1 Å². The van der Waals surface area contributed by atoms with Gasteiger partial charge in [0.25, 0.3) is 0 Å². The highest BCUT2D eigenvalue weighted by molar-refractivity contribution is 6.00. The number of hydrogen-bond donors (Lipinski definition) is 2. The molecule has 3 N–H and O–H groups in total. The van der Waals surface area contributed by atoms with Crippen molar-refractivity contribution < 1.29 is 9.90 Å². The minimum Gasteiger partial charge on any atom is -0.398 e. The van der Waals surface area contributed by atoms with Crippen LogP contribution in [0.1, 0.15) is 22.8 Å². The van der Waals surface area contributed by atoms with E-state index in [1.807, 2.05) is 0 Å². The van der Waals surface area contributed by atoms with Crippen LogP contribution in [0.3, 0.4) is 0 Å². The first kappa shape index (κ1) is 8.74. The third-order valence-corrected chi connectivity index (χ3v) is 1.71. The minimum atomic E-state index is -0.153. The molecule has 64 valence electrons. The molecule has 12 heavy (non-hydrogen) atoms. The first-order valence-electron chi connectivity index (χ1n) is 3.66. The van der Waals surface area contributed by atoms with Crippen molar-refractivity contribution in [1.82, 2.24) is 0 Å². The van der Waals surface area contributed by atoms with Gasteiger partial charge in [-0.15, -0.1) is 0 Å². The summed E-state index contributed by atoms with van der Waals surface area (Å²) >= 11 is 0. The number of aliphatic hydroxyl groups excluding tert-OH is 1. The van der Waals surface area contributed by atoms with E-state index in [0.717, 1.165) is 0 Å². The van der Waals surface area contributed by atoms with Gasteiger partial charge in [0.2, 0.25) is 0 Å². The second kappa shape index (κ2) is 3.36. The van der Waals surface area contributed by atoms with Gasteiger partial charge >= 0.3 is 0 Å². The van der Waals surface area contributed by atoms with Crippen molar-refractivity contribution in [2.75, 3.05) is 5.73 Å². The molecule has 0 amide bonds. The Morgan fingerprint density at radius 3 is 2.67 bits per heavy atom. The predicted octanol–water partition coefficient (Wildman–Crippen LogP) is 0.964. The van der Waals surface area contributed by atoms with E-state index in [2.05, 4.69) is 0 Å². The van der Waals surface area contributed by atoms with Crippen LogP contribution in [-0.2, 0) is 6.61 Å². The van der Waals surface area contributed by atoms with Crippen LogP contribution in [0, 0.1) is 0 Å². The summed E-state index contributed by atoms with van der Waals surface area (Å²) in [6, 6.07) is 5.05. The van der Waals surface area contributed by atoms with E-state index in [1.165, 1.54) is 6.92 Å². The zero-order valence-corrected chi connectivity index (χ0v) is 6.87. The Kier molecular flexibility index (Phi) is 2.45. The number of anilines is 1. The van der Waals surface area contributed by atoms with Gasteiger partial charge in [0.15, 0.2) is 5.78 Å². The topological polar surface area (TPSA) is 63.3 Å². The van der Waals surface area contributed by atoms with Gasteiger partial charge in [0, 0.05) is 11.3 Å². The van der Waals surface area contributed by atoms with Crippen molar-refractivity contribution in [2.24, 2.45) is 0 Å². The van der Waals surface area contributed by atoms with Crippen LogP contribution in [0.4, 0.5) is 5.69 Å². The second-order valence-electron chi connectivity index (χ2n) is 2.60. The van der Waals surface area contributed by atoms with E-state index < -0.39 is 0 Å². The van der Waals surface area contributed by atoms with E-state index in [0.29, 0.717) is 16.8 Å². The molecule has 3 nitrogen and oxygen atoms in total. The molecule has 0 aliphatic heterocycles. The fraction of sp³-hybridized carbons (Fsp3) is 0.222. The van der Waals surface area contributed by atoms with Crippen LogP contribution < -0.4 is 5.73 Å². The van der Waals surface area contributed by atoms with Crippen LogP contribution in [0.2, 0.25) is 0 Å². The molecule has 0 aliphatic carbocycles. The molecule has 0 unspecified atom stereocenters. The SMILES string of the molecule is CC(=O)c1c(N)cccc1CO. The second-order valence-corrected chi connectivity index (χ2v) is 2.60. The van der Waals surface area contributed by atoms with Gasteiger partial charge in [0.1, 0.15) is 0 Å². The maximum Gasteiger partial charge on any atom is 0.162 e. The molecule has 0 atom stereocenters. The molecule has 0 fully saturated rings. The molecule has 0 saturated carbocycles. The number of benzene rings is 1. The van der Waals surface area contributed by atoms with Gasteiger partial charge in [-0.3, -0.25) is 4.79 Å². The fourth-order valence-corrected chi connectivity index (χ4v) is 1.18. The number of nitrogen functional groups attached to an aromatic ring is 1. The molecule has 1 aromatic carbocycles. The Labute approximate surface area is 70.8 Å². The van der Waals surface area contributed by atoms with Gasteiger partial charge in [-0.25, -0.2) is 0 Å². The summed E-state index contributed by atoms with van der Waals surface area (Å²) in [5, 5.41) is 8.88. The Balaban J connectivity index is 3.29. The summed E-state index contributed by atoms with van der Waals surface area (Å²) < 4.78 is 0. The maximum atomic E-state index is 11.1. The summed E-state index contributed by atoms with van der Waals surface area (Å²) in [6.07, 6.45) is 0. The lowest BCUT2D eigenvalue weighted by Gasteiger charge is -2.06. The molecular weight excluding hydrogens is 154 g/mol. The zero-order chi connectivity index (χ0) is 9.14. The summed E-state index contributed by atoms with van der Waals surface area (Å²) in [4.78, 5) is 11.1. The summed E-state index contributed by atoms with van der Waals surface area (Å²) in [5.41, 5.74) is 7.01. The van der Waals surface area contributed by atoms with Crippen LogP contribution >= 0.6 is 0 Å². The molecule has 0 aromatic heterocycles. The number of aliphatic hydroxyl groups is 1. The molecule has 1 rings (SSSR count). The largest absolute Gasteiger partial charge is 0.398 e. The molecule has 0 saturated heterocycles. The predicted molar refractivity (Wildman–Crippen MR) is 46.8 cm³/mol. The first-order chi connectivity index (χ1) is 5.66.